The second-order valence-electron chi connectivity index (χ2n) is 4.10. The van der Waals surface area contributed by atoms with Crippen LogP contribution in [0.1, 0.15) is 15.9 Å². The van der Waals surface area contributed by atoms with Crippen LogP contribution in [0.2, 0.25) is 5.15 Å². The third-order valence-electron chi connectivity index (χ3n) is 2.76. The van der Waals surface area contributed by atoms with Gasteiger partial charge in [0.05, 0.1) is 11.6 Å². The van der Waals surface area contributed by atoms with Crippen LogP contribution in [0.5, 0.6) is 0 Å². The molecule has 3 rings (SSSR count). The number of carbonyl (C=O) groups is 1. The highest BCUT2D eigenvalue weighted by Crippen LogP contribution is 2.20. The van der Waals surface area contributed by atoms with Crippen molar-refractivity contribution in [3.63, 3.8) is 0 Å². The van der Waals surface area contributed by atoms with Gasteiger partial charge in [-0.05, 0) is 12.1 Å². The monoisotopic (exact) mass is 300 g/mol. The Morgan fingerprint density at radius 2 is 2.10 bits per heavy atom. The van der Waals surface area contributed by atoms with Crippen molar-refractivity contribution in [2.75, 3.05) is 0 Å². The summed E-state index contributed by atoms with van der Waals surface area (Å²) in [6.07, 6.45) is 7.73. The summed E-state index contributed by atoms with van der Waals surface area (Å²) < 4.78 is 0. The van der Waals surface area contributed by atoms with Crippen molar-refractivity contribution >= 4 is 34.6 Å². The van der Waals surface area contributed by atoms with E-state index in [1.807, 2.05) is 0 Å². The Balaban J connectivity index is 1.78. The number of hydrogen-bond acceptors (Lipinski definition) is 5. The van der Waals surface area contributed by atoms with Crippen LogP contribution in [0.4, 0.5) is 0 Å². The molecule has 3 heterocycles. The number of halogens is 1. The summed E-state index contributed by atoms with van der Waals surface area (Å²) in [6, 6.07) is 3.20. The largest absolute Gasteiger partial charge is 0.271 e. The van der Waals surface area contributed by atoms with Gasteiger partial charge in [0.2, 0.25) is 0 Å². The number of aromatic amines is 1. The predicted octanol–water partition coefficient (Wildman–Crippen LogP) is 1.77. The summed E-state index contributed by atoms with van der Waals surface area (Å²) in [6.45, 7) is 0. The smallest absolute Gasteiger partial charge is 0.267 e. The van der Waals surface area contributed by atoms with Crippen LogP contribution >= 0.6 is 11.6 Å². The zero-order valence-electron chi connectivity index (χ0n) is 10.6. The third kappa shape index (κ3) is 2.72. The number of rotatable bonds is 3. The summed E-state index contributed by atoms with van der Waals surface area (Å²) in [7, 11) is 0. The van der Waals surface area contributed by atoms with Crippen LogP contribution in [0.3, 0.4) is 0 Å². The first-order valence-electron chi connectivity index (χ1n) is 5.96. The van der Waals surface area contributed by atoms with Gasteiger partial charge in [-0.2, -0.15) is 10.2 Å². The Kier molecular flexibility index (Phi) is 3.57. The standard InChI is InChI=1S/C13H9ClN6O/c14-12-10-7-16-5-9(11(10)18-19-12)6-17-20-13(21)8-1-3-15-4-2-8/h1-7H,(H,18,19)(H,20,21)/b17-6-. The zero-order valence-corrected chi connectivity index (χ0v) is 11.4. The number of hydrazone groups is 1. The maximum Gasteiger partial charge on any atom is 0.271 e. The van der Waals surface area contributed by atoms with Crippen molar-refractivity contribution in [3.8, 4) is 0 Å². The first-order valence-corrected chi connectivity index (χ1v) is 6.34. The zero-order chi connectivity index (χ0) is 14.7. The molecule has 21 heavy (non-hydrogen) atoms. The van der Waals surface area contributed by atoms with Gasteiger partial charge < -0.3 is 0 Å². The average Bonchev–Trinajstić information content (AvgIpc) is 2.91. The minimum atomic E-state index is -0.325. The first-order chi connectivity index (χ1) is 10.3. The van der Waals surface area contributed by atoms with Gasteiger partial charge in [0, 0.05) is 35.9 Å². The molecule has 3 aromatic rings. The molecule has 0 bridgehead atoms. The van der Waals surface area contributed by atoms with Gasteiger partial charge >= 0.3 is 0 Å². The van der Waals surface area contributed by atoms with Gasteiger partial charge in [-0.1, -0.05) is 11.6 Å². The van der Waals surface area contributed by atoms with Crippen molar-refractivity contribution < 1.29 is 4.79 Å². The van der Waals surface area contributed by atoms with E-state index >= 15 is 0 Å². The van der Waals surface area contributed by atoms with Crippen LogP contribution in [0, 0.1) is 0 Å². The van der Waals surface area contributed by atoms with E-state index in [-0.39, 0.29) is 5.91 Å². The normalized spacial score (nSPS) is 11.1. The fourth-order valence-electron chi connectivity index (χ4n) is 1.74. The molecular weight excluding hydrogens is 292 g/mol. The molecular formula is C13H9ClN6O. The molecule has 0 aromatic carbocycles. The quantitative estimate of drug-likeness (QED) is 0.569. The summed E-state index contributed by atoms with van der Waals surface area (Å²) in [5, 5.41) is 11.7. The molecule has 0 aliphatic carbocycles. The van der Waals surface area contributed by atoms with E-state index in [4.69, 9.17) is 11.6 Å². The minimum Gasteiger partial charge on any atom is -0.267 e. The summed E-state index contributed by atoms with van der Waals surface area (Å²) in [5.74, 6) is -0.325. The fourth-order valence-corrected chi connectivity index (χ4v) is 1.92. The van der Waals surface area contributed by atoms with Gasteiger partial charge in [-0.25, -0.2) is 5.43 Å². The Bertz CT molecular complexity index is 814. The van der Waals surface area contributed by atoms with Gasteiger partial charge in [0.25, 0.3) is 5.91 Å². The fraction of sp³-hybridized carbons (Fsp3) is 0. The molecule has 1 amide bonds. The van der Waals surface area contributed by atoms with Gasteiger partial charge in [0.15, 0.2) is 0 Å². The van der Waals surface area contributed by atoms with E-state index in [1.165, 1.54) is 18.6 Å². The van der Waals surface area contributed by atoms with Crippen molar-refractivity contribution in [2.24, 2.45) is 5.10 Å². The molecule has 0 radical (unpaired) electrons. The Labute approximate surface area is 124 Å². The first kappa shape index (κ1) is 13.2. The molecule has 104 valence electrons. The highest BCUT2D eigenvalue weighted by atomic mass is 35.5. The van der Waals surface area contributed by atoms with Gasteiger partial charge in [-0.15, -0.1) is 0 Å². The van der Waals surface area contributed by atoms with Gasteiger partial charge in [-0.3, -0.25) is 19.9 Å². The van der Waals surface area contributed by atoms with E-state index < -0.39 is 0 Å². The molecule has 7 nitrogen and oxygen atoms in total. The number of amides is 1. The number of nitrogens with one attached hydrogen (secondary N) is 2. The van der Waals surface area contributed by atoms with Crippen LogP contribution in [-0.2, 0) is 0 Å². The highest BCUT2D eigenvalue weighted by molar-refractivity contribution is 6.34. The van der Waals surface area contributed by atoms with E-state index in [9.17, 15) is 4.79 Å². The molecule has 0 aliphatic heterocycles. The summed E-state index contributed by atoms with van der Waals surface area (Å²) >= 11 is 5.93. The lowest BCUT2D eigenvalue weighted by molar-refractivity contribution is 0.0955. The summed E-state index contributed by atoms with van der Waals surface area (Å²) in [4.78, 5) is 19.7. The molecule has 0 fully saturated rings. The number of fused-ring (bicyclic) bond motifs is 1. The summed E-state index contributed by atoms with van der Waals surface area (Å²) in [5.41, 5.74) is 4.18. The van der Waals surface area contributed by atoms with E-state index in [2.05, 4.69) is 30.7 Å². The molecule has 8 heteroatoms. The van der Waals surface area contributed by atoms with E-state index in [0.29, 0.717) is 27.2 Å². The molecule has 0 saturated carbocycles. The maximum absolute atomic E-state index is 11.8. The predicted molar refractivity (Wildman–Crippen MR) is 78.2 cm³/mol. The van der Waals surface area contributed by atoms with Crippen LogP contribution in [0.25, 0.3) is 10.9 Å². The second kappa shape index (κ2) is 5.68. The molecule has 0 spiro atoms. The number of H-pyrrole nitrogens is 1. The van der Waals surface area contributed by atoms with E-state index in [0.717, 1.165) is 0 Å². The average molecular weight is 301 g/mol. The van der Waals surface area contributed by atoms with Crippen molar-refractivity contribution in [2.45, 2.75) is 0 Å². The second-order valence-corrected chi connectivity index (χ2v) is 4.48. The molecule has 2 N–H and O–H groups in total. The molecule has 0 aliphatic rings. The number of carbonyl (C=O) groups excluding carboxylic acids is 1. The lowest BCUT2D eigenvalue weighted by atomic mass is 10.2. The Morgan fingerprint density at radius 1 is 1.29 bits per heavy atom. The topological polar surface area (TPSA) is 95.9 Å². The third-order valence-corrected chi connectivity index (χ3v) is 3.05. The number of aromatic nitrogens is 4. The molecule has 0 saturated heterocycles. The molecule has 0 unspecified atom stereocenters. The number of nitrogens with zero attached hydrogens (tertiary/aromatic N) is 4. The van der Waals surface area contributed by atoms with Crippen molar-refractivity contribution in [3.05, 3.63) is 53.2 Å². The van der Waals surface area contributed by atoms with E-state index in [1.54, 1.807) is 24.5 Å². The number of pyridine rings is 2. The molecule has 3 aromatic heterocycles. The maximum atomic E-state index is 11.8. The minimum absolute atomic E-state index is 0.325. The lowest BCUT2D eigenvalue weighted by Crippen LogP contribution is -2.17. The Morgan fingerprint density at radius 3 is 2.90 bits per heavy atom. The highest BCUT2D eigenvalue weighted by Gasteiger charge is 2.07. The van der Waals surface area contributed by atoms with Crippen LogP contribution in [-0.4, -0.2) is 32.3 Å². The SMILES string of the molecule is O=C(N/N=C\c1cncc2c(Cl)[nH]nc12)c1ccncc1. The van der Waals surface area contributed by atoms with Crippen LogP contribution in [0.15, 0.2) is 42.0 Å². The lowest BCUT2D eigenvalue weighted by Gasteiger charge is -1.98. The Hall–Kier alpha value is -2.80. The van der Waals surface area contributed by atoms with Crippen molar-refractivity contribution in [1.29, 1.82) is 0 Å². The van der Waals surface area contributed by atoms with Crippen LogP contribution < -0.4 is 5.43 Å². The van der Waals surface area contributed by atoms with Crippen molar-refractivity contribution in [1.82, 2.24) is 25.6 Å². The molecule has 0 atom stereocenters. The van der Waals surface area contributed by atoms with Gasteiger partial charge in [0.1, 0.15) is 10.7 Å². The number of hydrogen-bond donors (Lipinski definition) is 2.